The van der Waals surface area contributed by atoms with Gasteiger partial charge in [-0.2, -0.15) is 0 Å². The lowest BCUT2D eigenvalue weighted by molar-refractivity contribution is -0.136. The molecule has 8 heteroatoms. The van der Waals surface area contributed by atoms with Crippen molar-refractivity contribution in [3.05, 3.63) is 83.2 Å². The number of nitrogens with one attached hydrogen (secondary N) is 1. The van der Waals surface area contributed by atoms with Gasteiger partial charge < -0.3 is 0 Å². The third-order valence-corrected chi connectivity index (χ3v) is 7.23. The van der Waals surface area contributed by atoms with E-state index in [2.05, 4.69) is 45.5 Å². The second-order valence-electron chi connectivity index (χ2n) is 9.44. The Bertz CT molecular complexity index is 1470. The summed E-state index contributed by atoms with van der Waals surface area (Å²) in [6, 6.07) is 12.7. The first-order chi connectivity index (χ1) is 17.5. The number of hydrogen-bond donors (Lipinski definition) is 1. The molecule has 1 fully saturated rings. The number of benzene rings is 2. The third kappa shape index (κ3) is 3.79. The summed E-state index contributed by atoms with van der Waals surface area (Å²) in [5.41, 5.74) is 4.12. The number of hydrogen-bond acceptors (Lipinski definition) is 6. The van der Waals surface area contributed by atoms with Crippen LogP contribution in [-0.4, -0.2) is 57.5 Å². The maximum Gasteiger partial charge on any atom is 0.262 e. The number of pyridine rings is 1. The van der Waals surface area contributed by atoms with Gasteiger partial charge in [0.1, 0.15) is 6.04 Å². The maximum absolute atomic E-state index is 13.1. The highest BCUT2D eigenvalue weighted by Crippen LogP contribution is 2.31. The van der Waals surface area contributed by atoms with Crippen molar-refractivity contribution < 1.29 is 19.2 Å². The monoisotopic (exact) mass is 480 g/mol. The number of fused-ring (bicyclic) bond motifs is 2. The molecule has 6 rings (SSSR count). The highest BCUT2D eigenvalue weighted by molar-refractivity contribution is 6.23. The van der Waals surface area contributed by atoms with Gasteiger partial charge in [0.05, 0.1) is 11.1 Å². The van der Waals surface area contributed by atoms with Crippen molar-refractivity contribution in [3.8, 4) is 0 Å². The van der Waals surface area contributed by atoms with Crippen LogP contribution in [0.15, 0.2) is 60.9 Å². The Kier molecular flexibility index (Phi) is 5.45. The van der Waals surface area contributed by atoms with Crippen LogP contribution in [0.5, 0.6) is 0 Å². The third-order valence-electron chi connectivity index (χ3n) is 7.23. The molecule has 36 heavy (non-hydrogen) atoms. The molecule has 1 aromatic heterocycles. The van der Waals surface area contributed by atoms with Crippen LogP contribution < -0.4 is 5.32 Å². The summed E-state index contributed by atoms with van der Waals surface area (Å²) in [4.78, 5) is 57.3. The molecule has 0 aliphatic carbocycles. The van der Waals surface area contributed by atoms with E-state index in [1.165, 1.54) is 16.5 Å². The topological polar surface area (TPSA) is 99.7 Å². The van der Waals surface area contributed by atoms with Crippen LogP contribution in [0.2, 0.25) is 0 Å². The van der Waals surface area contributed by atoms with E-state index in [0.717, 1.165) is 35.4 Å². The molecule has 2 aromatic carbocycles. The largest absolute Gasteiger partial charge is 0.295 e. The van der Waals surface area contributed by atoms with E-state index in [1.807, 2.05) is 18.5 Å². The molecule has 1 unspecified atom stereocenters. The summed E-state index contributed by atoms with van der Waals surface area (Å²) in [7, 11) is 0. The lowest BCUT2D eigenvalue weighted by atomic mass is 9.95. The molecular formula is C28H24N4O4. The summed E-state index contributed by atoms with van der Waals surface area (Å²) >= 11 is 0. The van der Waals surface area contributed by atoms with E-state index >= 15 is 0 Å². The Hall–Kier alpha value is -4.17. The van der Waals surface area contributed by atoms with Crippen molar-refractivity contribution in [2.24, 2.45) is 0 Å². The van der Waals surface area contributed by atoms with Crippen LogP contribution in [0.3, 0.4) is 0 Å². The Morgan fingerprint density at radius 2 is 1.81 bits per heavy atom. The van der Waals surface area contributed by atoms with Crippen LogP contribution >= 0.6 is 0 Å². The smallest absolute Gasteiger partial charge is 0.262 e. The van der Waals surface area contributed by atoms with Gasteiger partial charge in [-0.3, -0.25) is 39.3 Å². The van der Waals surface area contributed by atoms with Gasteiger partial charge in [0.25, 0.3) is 11.8 Å². The van der Waals surface area contributed by atoms with Crippen LogP contribution in [0.1, 0.15) is 51.1 Å². The molecule has 3 aliphatic rings. The summed E-state index contributed by atoms with van der Waals surface area (Å²) in [5.74, 6) is -1.94. The quantitative estimate of drug-likeness (QED) is 0.577. The van der Waals surface area contributed by atoms with Gasteiger partial charge in [-0.15, -0.1) is 0 Å². The highest BCUT2D eigenvalue weighted by atomic mass is 16.2. The first-order valence-corrected chi connectivity index (χ1v) is 12.1. The standard InChI is InChI=1S/C28H24N4O4/c33-25-7-6-24(26(34)30-25)32-27(35)22-5-4-17(14-23(22)28(32)36)16-31-12-9-18(10-13-31)20-3-1-2-19-15-29-11-8-21(19)20/h1-5,8-9,11,14-15,24H,6-7,10,12-13,16H2,(H,30,33,34). The lowest BCUT2D eigenvalue weighted by Gasteiger charge is -2.27. The summed E-state index contributed by atoms with van der Waals surface area (Å²) in [5, 5.41) is 4.56. The molecule has 8 nitrogen and oxygen atoms in total. The zero-order valence-corrected chi connectivity index (χ0v) is 19.6. The maximum atomic E-state index is 13.1. The molecule has 0 spiro atoms. The molecule has 3 aromatic rings. The van der Waals surface area contributed by atoms with E-state index in [1.54, 1.807) is 12.1 Å². The number of imide groups is 2. The number of amides is 4. The van der Waals surface area contributed by atoms with Gasteiger partial charge in [0.15, 0.2) is 0 Å². The van der Waals surface area contributed by atoms with Crippen molar-refractivity contribution in [1.82, 2.24) is 20.1 Å². The van der Waals surface area contributed by atoms with Crippen LogP contribution in [0.4, 0.5) is 0 Å². The average molecular weight is 481 g/mol. The van der Waals surface area contributed by atoms with Crippen molar-refractivity contribution in [2.45, 2.75) is 31.8 Å². The minimum atomic E-state index is -0.950. The molecule has 1 saturated heterocycles. The van der Waals surface area contributed by atoms with E-state index in [0.29, 0.717) is 17.7 Å². The fourth-order valence-electron chi connectivity index (χ4n) is 5.38. The van der Waals surface area contributed by atoms with Gasteiger partial charge >= 0.3 is 0 Å². The zero-order valence-electron chi connectivity index (χ0n) is 19.6. The van der Waals surface area contributed by atoms with Crippen LogP contribution in [0.25, 0.3) is 16.3 Å². The number of aromatic nitrogens is 1. The van der Waals surface area contributed by atoms with Gasteiger partial charge in [0.2, 0.25) is 11.8 Å². The zero-order chi connectivity index (χ0) is 24.8. The minimum Gasteiger partial charge on any atom is -0.295 e. The van der Waals surface area contributed by atoms with Gasteiger partial charge in [0, 0.05) is 43.8 Å². The van der Waals surface area contributed by atoms with Crippen molar-refractivity contribution in [1.29, 1.82) is 0 Å². The molecule has 0 radical (unpaired) electrons. The molecule has 4 heterocycles. The SMILES string of the molecule is O=C1CCC(N2C(=O)c3ccc(CN4CC=C(c5cccc6cnccc56)CC4)cc3C2=O)C(=O)N1. The Morgan fingerprint density at radius 1 is 0.944 bits per heavy atom. The fourth-order valence-corrected chi connectivity index (χ4v) is 5.38. The summed E-state index contributed by atoms with van der Waals surface area (Å²) in [6.07, 6.45) is 7.13. The molecule has 3 aliphatic heterocycles. The Balaban J connectivity index is 1.18. The molecule has 1 atom stereocenters. The van der Waals surface area contributed by atoms with Crippen molar-refractivity contribution in [3.63, 3.8) is 0 Å². The van der Waals surface area contributed by atoms with Gasteiger partial charge in [-0.1, -0.05) is 30.3 Å². The predicted molar refractivity (Wildman–Crippen MR) is 133 cm³/mol. The molecule has 4 amide bonds. The lowest BCUT2D eigenvalue weighted by Crippen LogP contribution is -2.54. The second-order valence-corrected chi connectivity index (χ2v) is 9.44. The summed E-state index contributed by atoms with van der Waals surface area (Å²) in [6.45, 7) is 2.30. The van der Waals surface area contributed by atoms with Crippen molar-refractivity contribution in [2.75, 3.05) is 13.1 Å². The van der Waals surface area contributed by atoms with Crippen molar-refractivity contribution >= 4 is 40.0 Å². The normalized spacial score (nSPS) is 20.5. The number of piperidine rings is 1. The fraction of sp³-hybridized carbons (Fsp3) is 0.250. The number of carbonyl (C=O) groups is 4. The number of nitrogens with zero attached hydrogens (tertiary/aromatic N) is 3. The van der Waals surface area contributed by atoms with Crippen LogP contribution in [-0.2, 0) is 16.1 Å². The Morgan fingerprint density at radius 3 is 2.61 bits per heavy atom. The van der Waals surface area contributed by atoms with E-state index in [4.69, 9.17) is 0 Å². The van der Waals surface area contributed by atoms with E-state index in [-0.39, 0.29) is 18.7 Å². The second kappa shape index (κ2) is 8.80. The van der Waals surface area contributed by atoms with E-state index < -0.39 is 23.8 Å². The Labute approximate surface area is 207 Å². The minimum absolute atomic E-state index is 0.106. The highest BCUT2D eigenvalue weighted by Gasteiger charge is 2.44. The predicted octanol–water partition coefficient (Wildman–Crippen LogP) is 2.93. The first-order valence-electron chi connectivity index (χ1n) is 12.1. The molecule has 180 valence electrons. The van der Waals surface area contributed by atoms with E-state index in [9.17, 15) is 19.2 Å². The molecule has 0 bridgehead atoms. The number of rotatable bonds is 4. The molecular weight excluding hydrogens is 456 g/mol. The molecule has 1 N–H and O–H groups in total. The number of carbonyl (C=O) groups excluding carboxylic acids is 4. The first kappa shape index (κ1) is 22.3. The van der Waals surface area contributed by atoms with Crippen LogP contribution in [0, 0.1) is 0 Å². The molecule has 0 saturated carbocycles. The summed E-state index contributed by atoms with van der Waals surface area (Å²) < 4.78 is 0. The van der Waals surface area contributed by atoms with Gasteiger partial charge in [-0.25, -0.2) is 0 Å². The van der Waals surface area contributed by atoms with Gasteiger partial charge in [-0.05, 0) is 53.1 Å². The average Bonchev–Trinajstić information content (AvgIpc) is 3.13.